The number of halogens is 2. The third-order valence-corrected chi connectivity index (χ3v) is 3.58. The second-order valence-corrected chi connectivity index (χ2v) is 5.37. The molecule has 21 heavy (non-hydrogen) atoms. The van der Waals surface area contributed by atoms with Gasteiger partial charge in [-0.3, -0.25) is 4.79 Å². The Hall–Kier alpha value is -2.18. The first kappa shape index (κ1) is 15.2. The Labute approximate surface area is 128 Å². The third-order valence-electron chi connectivity index (χ3n) is 2.45. The van der Waals surface area contributed by atoms with Crippen LogP contribution in [0.1, 0.15) is 15.2 Å². The molecule has 0 fully saturated rings. The minimum Gasteiger partial charge on any atom is -0.478 e. The topological polar surface area (TPSA) is 66.4 Å². The second kappa shape index (κ2) is 6.51. The first-order valence-electron chi connectivity index (χ1n) is 5.71. The van der Waals surface area contributed by atoms with Crippen molar-refractivity contribution in [2.75, 3.05) is 5.32 Å². The minimum atomic E-state index is -1.07. The zero-order valence-corrected chi connectivity index (χ0v) is 12.0. The molecule has 1 heterocycles. The van der Waals surface area contributed by atoms with E-state index in [1.807, 2.05) is 0 Å². The van der Waals surface area contributed by atoms with E-state index in [1.165, 1.54) is 35.6 Å². The molecule has 0 atom stereocenters. The standard InChI is InChI=1S/C14H9ClFNO3S/c15-9-1-3-11(16)12(6-9)17-14(20)8-5-10(21-7-8)2-4-13(18)19/h1-7H,(H,17,20)(H,18,19). The van der Waals surface area contributed by atoms with Crippen molar-refractivity contribution in [3.05, 3.63) is 57.0 Å². The van der Waals surface area contributed by atoms with Crippen molar-refractivity contribution in [2.24, 2.45) is 0 Å². The number of hydrogen-bond acceptors (Lipinski definition) is 3. The number of benzene rings is 1. The van der Waals surface area contributed by atoms with Crippen molar-refractivity contribution in [3.8, 4) is 0 Å². The van der Waals surface area contributed by atoms with E-state index in [0.717, 1.165) is 12.1 Å². The average Bonchev–Trinajstić information content (AvgIpc) is 2.89. The van der Waals surface area contributed by atoms with Gasteiger partial charge in [0, 0.05) is 21.4 Å². The zero-order chi connectivity index (χ0) is 15.4. The van der Waals surface area contributed by atoms with Crippen molar-refractivity contribution in [1.29, 1.82) is 0 Å². The fourth-order valence-electron chi connectivity index (χ4n) is 1.50. The fraction of sp³-hybridized carbons (Fsp3) is 0. The monoisotopic (exact) mass is 325 g/mol. The second-order valence-electron chi connectivity index (χ2n) is 3.99. The number of nitrogens with one attached hydrogen (secondary N) is 1. The lowest BCUT2D eigenvalue weighted by molar-refractivity contribution is -0.131. The summed E-state index contributed by atoms with van der Waals surface area (Å²) in [7, 11) is 0. The summed E-state index contributed by atoms with van der Waals surface area (Å²) in [4.78, 5) is 23.0. The molecule has 0 aliphatic carbocycles. The molecule has 2 N–H and O–H groups in total. The Balaban J connectivity index is 2.14. The number of amides is 1. The SMILES string of the molecule is O=C(O)C=Cc1cc(C(=O)Nc2cc(Cl)ccc2F)cs1. The van der Waals surface area contributed by atoms with Gasteiger partial charge >= 0.3 is 5.97 Å². The normalized spacial score (nSPS) is 10.8. The number of carbonyl (C=O) groups is 2. The summed E-state index contributed by atoms with van der Waals surface area (Å²) < 4.78 is 13.5. The largest absolute Gasteiger partial charge is 0.478 e. The van der Waals surface area contributed by atoms with Crippen LogP contribution in [0.5, 0.6) is 0 Å². The van der Waals surface area contributed by atoms with Crippen LogP contribution in [-0.2, 0) is 4.79 Å². The number of carboxylic acids is 1. The van der Waals surface area contributed by atoms with Crippen LogP contribution in [0.25, 0.3) is 6.08 Å². The summed E-state index contributed by atoms with van der Waals surface area (Å²) >= 11 is 6.95. The van der Waals surface area contributed by atoms with Gasteiger partial charge in [-0.15, -0.1) is 11.3 Å². The summed E-state index contributed by atoms with van der Waals surface area (Å²) in [6, 6.07) is 5.37. The van der Waals surface area contributed by atoms with E-state index in [4.69, 9.17) is 16.7 Å². The number of hydrogen-bond donors (Lipinski definition) is 2. The highest BCUT2D eigenvalue weighted by Gasteiger charge is 2.11. The Morgan fingerprint density at radius 3 is 2.81 bits per heavy atom. The summed E-state index contributed by atoms with van der Waals surface area (Å²) in [5, 5.41) is 12.8. The van der Waals surface area contributed by atoms with Crippen LogP contribution >= 0.6 is 22.9 Å². The van der Waals surface area contributed by atoms with E-state index in [1.54, 1.807) is 5.38 Å². The number of aliphatic carboxylic acids is 1. The molecule has 4 nitrogen and oxygen atoms in total. The molecule has 1 aromatic heterocycles. The molecule has 0 unspecified atom stereocenters. The molecule has 108 valence electrons. The molecule has 0 aliphatic rings. The van der Waals surface area contributed by atoms with E-state index < -0.39 is 17.7 Å². The molecule has 0 saturated heterocycles. The molecular weight excluding hydrogens is 317 g/mol. The summed E-state index contributed by atoms with van der Waals surface area (Å²) in [5.74, 6) is -2.16. The van der Waals surface area contributed by atoms with Gasteiger partial charge in [0.15, 0.2) is 0 Å². The maximum Gasteiger partial charge on any atom is 0.328 e. The van der Waals surface area contributed by atoms with Gasteiger partial charge < -0.3 is 10.4 Å². The van der Waals surface area contributed by atoms with Crippen LogP contribution in [0.4, 0.5) is 10.1 Å². The van der Waals surface area contributed by atoms with Gasteiger partial charge in [0.1, 0.15) is 5.82 Å². The van der Waals surface area contributed by atoms with Gasteiger partial charge in [-0.1, -0.05) is 11.6 Å². The molecule has 2 rings (SSSR count). The van der Waals surface area contributed by atoms with Crippen molar-refractivity contribution in [2.45, 2.75) is 0 Å². The van der Waals surface area contributed by atoms with Crippen LogP contribution in [0.15, 0.2) is 35.7 Å². The van der Waals surface area contributed by atoms with Gasteiger partial charge in [0.25, 0.3) is 5.91 Å². The molecule has 0 spiro atoms. The number of carboxylic acid groups (broad SMARTS) is 1. The van der Waals surface area contributed by atoms with Crippen molar-refractivity contribution < 1.29 is 19.1 Å². The van der Waals surface area contributed by atoms with Crippen LogP contribution in [0.2, 0.25) is 5.02 Å². The predicted octanol–water partition coefficient (Wildman–Crippen LogP) is 3.89. The van der Waals surface area contributed by atoms with Gasteiger partial charge in [-0.05, 0) is 30.3 Å². The Kier molecular flexibility index (Phi) is 4.72. The van der Waals surface area contributed by atoms with Gasteiger partial charge in [0.05, 0.1) is 11.3 Å². The smallest absolute Gasteiger partial charge is 0.328 e. The number of carbonyl (C=O) groups excluding carboxylic acids is 1. The summed E-state index contributed by atoms with van der Waals surface area (Å²) in [6.45, 7) is 0. The van der Waals surface area contributed by atoms with E-state index in [9.17, 15) is 14.0 Å². The maximum absolute atomic E-state index is 13.5. The Morgan fingerprint density at radius 2 is 2.10 bits per heavy atom. The predicted molar refractivity (Wildman–Crippen MR) is 80.4 cm³/mol. The number of anilines is 1. The quantitative estimate of drug-likeness (QED) is 0.838. The highest BCUT2D eigenvalue weighted by atomic mass is 35.5. The van der Waals surface area contributed by atoms with Crippen molar-refractivity contribution in [1.82, 2.24) is 0 Å². The zero-order valence-electron chi connectivity index (χ0n) is 10.5. The Bertz CT molecular complexity index is 727. The minimum absolute atomic E-state index is 0.0127. The van der Waals surface area contributed by atoms with Crippen LogP contribution in [0.3, 0.4) is 0 Å². The van der Waals surface area contributed by atoms with E-state index >= 15 is 0 Å². The highest BCUT2D eigenvalue weighted by molar-refractivity contribution is 7.11. The van der Waals surface area contributed by atoms with Crippen molar-refractivity contribution >= 4 is 46.6 Å². The highest BCUT2D eigenvalue weighted by Crippen LogP contribution is 2.22. The van der Waals surface area contributed by atoms with Crippen LogP contribution in [-0.4, -0.2) is 17.0 Å². The lowest BCUT2D eigenvalue weighted by Gasteiger charge is -2.05. The first-order chi connectivity index (χ1) is 9.95. The van der Waals surface area contributed by atoms with Crippen LogP contribution < -0.4 is 5.32 Å². The third kappa shape index (κ3) is 4.14. The summed E-state index contributed by atoms with van der Waals surface area (Å²) in [5.41, 5.74) is 0.297. The molecule has 0 saturated carbocycles. The van der Waals surface area contributed by atoms with Gasteiger partial charge in [-0.2, -0.15) is 0 Å². The maximum atomic E-state index is 13.5. The molecule has 1 amide bonds. The number of rotatable bonds is 4. The van der Waals surface area contributed by atoms with E-state index in [0.29, 0.717) is 15.5 Å². The van der Waals surface area contributed by atoms with Gasteiger partial charge in [-0.25, -0.2) is 9.18 Å². The molecule has 2 aromatic rings. The molecule has 0 bridgehead atoms. The molecule has 7 heteroatoms. The molecule has 0 aliphatic heterocycles. The summed E-state index contributed by atoms with van der Waals surface area (Å²) in [6.07, 6.45) is 2.36. The van der Waals surface area contributed by atoms with E-state index in [2.05, 4.69) is 5.32 Å². The molecule has 0 radical (unpaired) electrons. The first-order valence-corrected chi connectivity index (χ1v) is 6.97. The lowest BCUT2D eigenvalue weighted by Crippen LogP contribution is -2.12. The molecular formula is C14H9ClFNO3S. The Morgan fingerprint density at radius 1 is 1.33 bits per heavy atom. The number of thiophene rings is 1. The van der Waals surface area contributed by atoms with Crippen LogP contribution in [0, 0.1) is 5.82 Å². The van der Waals surface area contributed by atoms with E-state index in [-0.39, 0.29) is 5.69 Å². The van der Waals surface area contributed by atoms with Gasteiger partial charge in [0.2, 0.25) is 0 Å². The average molecular weight is 326 g/mol. The molecule has 1 aromatic carbocycles. The fourth-order valence-corrected chi connectivity index (χ4v) is 2.45. The lowest BCUT2D eigenvalue weighted by atomic mass is 10.2. The van der Waals surface area contributed by atoms with Crippen molar-refractivity contribution in [3.63, 3.8) is 0 Å².